The van der Waals surface area contributed by atoms with Crippen molar-refractivity contribution in [1.82, 2.24) is 4.98 Å². The van der Waals surface area contributed by atoms with Gasteiger partial charge < -0.3 is 19.2 Å². The van der Waals surface area contributed by atoms with Gasteiger partial charge in [-0.1, -0.05) is 17.7 Å². The van der Waals surface area contributed by atoms with E-state index in [4.69, 9.17) is 25.9 Å². The highest BCUT2D eigenvalue weighted by atomic mass is 35.5. The summed E-state index contributed by atoms with van der Waals surface area (Å²) in [6.07, 6.45) is 1.64. The Morgan fingerprint density at radius 3 is 2.73 bits per heavy atom. The predicted molar refractivity (Wildman–Crippen MR) is 105 cm³/mol. The van der Waals surface area contributed by atoms with E-state index in [1.165, 1.54) is 0 Å². The van der Waals surface area contributed by atoms with Crippen LogP contribution in [-0.2, 0) is 6.61 Å². The van der Waals surface area contributed by atoms with Crippen molar-refractivity contribution in [2.45, 2.75) is 6.61 Å². The quantitative estimate of drug-likeness (QED) is 0.450. The summed E-state index contributed by atoms with van der Waals surface area (Å²) in [4.78, 5) is 14.0. The highest BCUT2D eigenvalue weighted by Crippen LogP contribution is 2.29. The van der Waals surface area contributed by atoms with Crippen LogP contribution in [0.3, 0.4) is 0 Å². The molecule has 5 nitrogen and oxygen atoms in total. The van der Waals surface area contributed by atoms with Gasteiger partial charge in [-0.3, -0.25) is 0 Å². The van der Waals surface area contributed by atoms with Gasteiger partial charge in [-0.25, -0.2) is 4.79 Å². The molecule has 4 rings (SSSR count). The van der Waals surface area contributed by atoms with E-state index in [1.807, 2.05) is 24.3 Å². The van der Waals surface area contributed by atoms with Crippen molar-refractivity contribution in [2.24, 2.45) is 0 Å². The number of hydrogen-bond donors (Lipinski definition) is 2. The Hall–Kier alpha value is -2.34. The first kappa shape index (κ1) is 20.0. The van der Waals surface area contributed by atoms with Crippen molar-refractivity contribution in [1.29, 1.82) is 0 Å². The normalized spacial score (nSPS) is 10.3. The van der Waals surface area contributed by atoms with Crippen LogP contribution in [0, 0.1) is 0 Å². The smallest absolute Gasteiger partial charge is 0.352 e. The highest BCUT2D eigenvalue weighted by Gasteiger charge is 2.12. The number of ether oxygens (including phenoxy) is 1. The molecule has 0 aliphatic heterocycles. The standard InChI is InChI=1S/C18H12ClNO4.2ClH/c19-11-4-5-17-12(6-11)10(9-24-17)8-23-16-3-1-2-14-13(16)7-15(20-14)18(21)22;;/h1-7,9,20H,8H2,(H,21,22);2*1H. The van der Waals surface area contributed by atoms with Crippen LogP contribution in [0.2, 0.25) is 5.02 Å². The third kappa shape index (κ3) is 3.60. The number of rotatable bonds is 4. The summed E-state index contributed by atoms with van der Waals surface area (Å²) in [5.74, 6) is -0.403. The lowest BCUT2D eigenvalue weighted by molar-refractivity contribution is 0.0691. The van der Waals surface area contributed by atoms with Gasteiger partial charge in [0.25, 0.3) is 0 Å². The summed E-state index contributed by atoms with van der Waals surface area (Å²) < 4.78 is 11.4. The summed E-state index contributed by atoms with van der Waals surface area (Å²) in [5.41, 5.74) is 2.45. The molecule has 0 atom stereocenters. The van der Waals surface area contributed by atoms with Gasteiger partial charge in [0.1, 0.15) is 23.6 Å². The number of carboxylic acid groups (broad SMARTS) is 1. The van der Waals surface area contributed by atoms with Gasteiger partial charge in [-0.05, 0) is 36.4 Å². The van der Waals surface area contributed by atoms with Crippen molar-refractivity contribution in [3.8, 4) is 5.75 Å². The molecule has 0 radical (unpaired) electrons. The molecule has 0 amide bonds. The van der Waals surface area contributed by atoms with Gasteiger partial charge in [-0.2, -0.15) is 0 Å². The molecule has 0 unspecified atom stereocenters. The van der Waals surface area contributed by atoms with E-state index < -0.39 is 5.97 Å². The van der Waals surface area contributed by atoms with Crippen molar-refractivity contribution in [3.63, 3.8) is 0 Å². The zero-order valence-electron chi connectivity index (χ0n) is 13.2. The summed E-state index contributed by atoms with van der Waals surface area (Å²) in [6, 6.07) is 12.4. The molecule has 0 bridgehead atoms. The van der Waals surface area contributed by atoms with Crippen LogP contribution in [0.5, 0.6) is 5.75 Å². The number of H-pyrrole nitrogens is 1. The van der Waals surface area contributed by atoms with Crippen molar-refractivity contribution < 1.29 is 19.1 Å². The van der Waals surface area contributed by atoms with E-state index in [9.17, 15) is 4.79 Å². The molecule has 2 aromatic heterocycles. The lowest BCUT2D eigenvalue weighted by Crippen LogP contribution is -1.95. The largest absolute Gasteiger partial charge is 0.488 e. The molecule has 2 N–H and O–H groups in total. The number of hydrogen-bond acceptors (Lipinski definition) is 3. The number of aromatic nitrogens is 1. The lowest BCUT2D eigenvalue weighted by atomic mass is 10.2. The van der Waals surface area contributed by atoms with Crippen LogP contribution < -0.4 is 4.74 Å². The fraction of sp³-hybridized carbons (Fsp3) is 0.0556. The molecule has 2 heterocycles. The van der Waals surface area contributed by atoms with Gasteiger partial charge in [0.15, 0.2) is 0 Å². The van der Waals surface area contributed by atoms with E-state index in [-0.39, 0.29) is 30.5 Å². The monoisotopic (exact) mass is 413 g/mol. The Kier molecular flexibility index (Phi) is 6.08. The van der Waals surface area contributed by atoms with E-state index in [2.05, 4.69) is 4.98 Å². The molecule has 2 aromatic carbocycles. The maximum Gasteiger partial charge on any atom is 0.352 e. The molecule has 0 fully saturated rings. The molecule has 0 saturated heterocycles. The van der Waals surface area contributed by atoms with Crippen LogP contribution in [0.1, 0.15) is 16.1 Å². The van der Waals surface area contributed by atoms with Crippen molar-refractivity contribution in [3.05, 3.63) is 65.0 Å². The van der Waals surface area contributed by atoms with Crippen LogP contribution in [-0.4, -0.2) is 16.1 Å². The number of aromatic amines is 1. The van der Waals surface area contributed by atoms with E-state index in [0.29, 0.717) is 22.9 Å². The first-order chi connectivity index (χ1) is 11.6. The minimum Gasteiger partial charge on any atom is -0.488 e. The zero-order chi connectivity index (χ0) is 16.7. The van der Waals surface area contributed by atoms with Gasteiger partial charge in [0, 0.05) is 26.9 Å². The van der Waals surface area contributed by atoms with E-state index >= 15 is 0 Å². The number of carbonyl (C=O) groups is 1. The molecule has 4 aromatic rings. The Labute approximate surface area is 165 Å². The molecule has 0 aliphatic rings. The topological polar surface area (TPSA) is 75.5 Å². The third-order valence-electron chi connectivity index (χ3n) is 3.85. The number of carboxylic acids is 1. The van der Waals surface area contributed by atoms with Crippen molar-refractivity contribution >= 4 is 64.3 Å². The maximum absolute atomic E-state index is 11.1. The fourth-order valence-corrected chi connectivity index (χ4v) is 2.86. The Morgan fingerprint density at radius 1 is 1.15 bits per heavy atom. The van der Waals surface area contributed by atoms with Crippen LogP contribution in [0.15, 0.2) is 53.1 Å². The number of aromatic carboxylic acids is 1. The van der Waals surface area contributed by atoms with Gasteiger partial charge in [-0.15, -0.1) is 24.8 Å². The van der Waals surface area contributed by atoms with Crippen LogP contribution in [0.4, 0.5) is 0 Å². The Balaban J connectivity index is 0.00000121. The minimum absolute atomic E-state index is 0. The molecule has 26 heavy (non-hydrogen) atoms. The van der Waals surface area contributed by atoms with Gasteiger partial charge in [0.05, 0.1) is 6.26 Å². The second-order valence-electron chi connectivity index (χ2n) is 5.40. The molecule has 8 heteroatoms. The van der Waals surface area contributed by atoms with Crippen LogP contribution in [0.25, 0.3) is 21.9 Å². The summed E-state index contributed by atoms with van der Waals surface area (Å²) in [6.45, 7) is 0.292. The van der Waals surface area contributed by atoms with E-state index in [1.54, 1.807) is 24.5 Å². The number of halogens is 3. The van der Waals surface area contributed by atoms with Gasteiger partial charge in [0.2, 0.25) is 0 Å². The van der Waals surface area contributed by atoms with E-state index in [0.717, 1.165) is 21.9 Å². The summed E-state index contributed by atoms with van der Waals surface area (Å²) >= 11 is 6.03. The number of nitrogens with one attached hydrogen (secondary N) is 1. The molecule has 136 valence electrons. The summed E-state index contributed by atoms with van der Waals surface area (Å²) in [7, 11) is 0. The minimum atomic E-state index is -1.01. The first-order valence-corrected chi connectivity index (χ1v) is 7.63. The molecule has 0 saturated carbocycles. The third-order valence-corrected chi connectivity index (χ3v) is 4.09. The first-order valence-electron chi connectivity index (χ1n) is 7.25. The average Bonchev–Trinajstić information content (AvgIpc) is 3.16. The molecule has 0 spiro atoms. The predicted octanol–water partition coefficient (Wildman–Crippen LogP) is 5.69. The second kappa shape index (κ2) is 7.91. The number of furan rings is 1. The molecule has 0 aliphatic carbocycles. The molecular formula is C18H14Cl3NO4. The van der Waals surface area contributed by atoms with Crippen molar-refractivity contribution in [2.75, 3.05) is 0 Å². The lowest BCUT2D eigenvalue weighted by Gasteiger charge is -2.06. The molecular weight excluding hydrogens is 401 g/mol. The second-order valence-corrected chi connectivity index (χ2v) is 5.83. The SMILES string of the molecule is Cl.Cl.O=C(O)c1cc2c(OCc3coc4ccc(Cl)cc34)cccc2[nH]1. The van der Waals surface area contributed by atoms with Crippen LogP contribution >= 0.6 is 36.4 Å². The Morgan fingerprint density at radius 2 is 1.96 bits per heavy atom. The summed E-state index contributed by atoms with van der Waals surface area (Å²) in [5, 5.41) is 11.4. The maximum atomic E-state index is 11.1. The fourth-order valence-electron chi connectivity index (χ4n) is 2.69. The number of benzene rings is 2. The zero-order valence-corrected chi connectivity index (χ0v) is 15.6. The highest BCUT2D eigenvalue weighted by molar-refractivity contribution is 6.31. The van der Waals surface area contributed by atoms with Gasteiger partial charge >= 0.3 is 5.97 Å². The number of fused-ring (bicyclic) bond motifs is 2. The Bertz CT molecular complexity index is 1070. The average molecular weight is 415 g/mol.